The molecular formula is C13H29NO4S. The van der Waals surface area contributed by atoms with Crippen LogP contribution in [0.5, 0.6) is 0 Å². The van der Waals surface area contributed by atoms with Gasteiger partial charge in [-0.25, -0.2) is 4.21 Å². The van der Waals surface area contributed by atoms with Gasteiger partial charge in [-0.2, -0.15) is 4.31 Å². The first-order valence-electron chi connectivity index (χ1n) is 6.83. The molecule has 0 saturated carbocycles. The van der Waals surface area contributed by atoms with Crippen molar-refractivity contribution in [2.24, 2.45) is 0 Å². The van der Waals surface area contributed by atoms with Gasteiger partial charge < -0.3 is 9.84 Å². The molecule has 0 amide bonds. The molecule has 0 spiro atoms. The SMILES string of the molecule is CC.CC(C)(C)OS(=O)N1C(CCO)COC1(C)C. The fourth-order valence-corrected chi connectivity index (χ4v) is 3.11. The summed E-state index contributed by atoms with van der Waals surface area (Å²) in [7, 11) is 0. The molecule has 6 heteroatoms. The third-order valence-electron chi connectivity index (χ3n) is 2.44. The van der Waals surface area contributed by atoms with E-state index in [0.717, 1.165) is 0 Å². The largest absolute Gasteiger partial charge is 0.396 e. The molecule has 0 radical (unpaired) electrons. The highest BCUT2D eigenvalue weighted by Gasteiger charge is 2.45. The Bertz CT molecular complexity index is 289. The van der Waals surface area contributed by atoms with E-state index in [-0.39, 0.29) is 12.6 Å². The van der Waals surface area contributed by atoms with Crippen LogP contribution in [0.15, 0.2) is 0 Å². The van der Waals surface area contributed by atoms with Gasteiger partial charge in [0.25, 0.3) is 0 Å². The van der Waals surface area contributed by atoms with Crippen LogP contribution < -0.4 is 0 Å². The normalized spacial score (nSPS) is 24.7. The molecule has 0 bridgehead atoms. The lowest BCUT2D eigenvalue weighted by atomic mass is 10.2. The summed E-state index contributed by atoms with van der Waals surface area (Å²) in [5.74, 6) is 0. The Kier molecular flexibility index (Phi) is 7.68. The highest BCUT2D eigenvalue weighted by atomic mass is 32.2. The van der Waals surface area contributed by atoms with E-state index in [1.807, 2.05) is 48.5 Å². The molecule has 2 atom stereocenters. The highest BCUT2D eigenvalue weighted by Crippen LogP contribution is 2.31. The molecule has 19 heavy (non-hydrogen) atoms. The van der Waals surface area contributed by atoms with Crippen molar-refractivity contribution in [1.29, 1.82) is 0 Å². The molecular weight excluding hydrogens is 266 g/mol. The number of ether oxygens (including phenoxy) is 1. The quantitative estimate of drug-likeness (QED) is 0.864. The fraction of sp³-hybridized carbons (Fsp3) is 1.00. The van der Waals surface area contributed by atoms with Gasteiger partial charge in [-0.1, -0.05) is 13.8 Å². The molecule has 1 N–H and O–H groups in total. The van der Waals surface area contributed by atoms with Gasteiger partial charge in [-0.05, 0) is 41.0 Å². The van der Waals surface area contributed by atoms with Crippen LogP contribution in [0.1, 0.15) is 54.9 Å². The molecule has 0 aromatic heterocycles. The smallest absolute Gasteiger partial charge is 0.240 e. The lowest BCUT2D eigenvalue weighted by Crippen LogP contribution is -2.47. The second-order valence-corrected chi connectivity index (χ2v) is 6.66. The Balaban J connectivity index is 0.00000154. The minimum absolute atomic E-state index is 0.0489. The lowest BCUT2D eigenvalue weighted by molar-refractivity contribution is -0.0207. The van der Waals surface area contributed by atoms with Crippen LogP contribution in [-0.2, 0) is 20.2 Å². The molecule has 1 heterocycles. The molecule has 1 aliphatic rings. The zero-order valence-electron chi connectivity index (χ0n) is 13.2. The molecule has 116 valence electrons. The molecule has 0 aromatic rings. The van der Waals surface area contributed by atoms with Gasteiger partial charge in [0, 0.05) is 6.61 Å². The Morgan fingerprint density at radius 2 is 1.95 bits per heavy atom. The number of rotatable bonds is 4. The minimum atomic E-state index is -1.57. The zero-order valence-corrected chi connectivity index (χ0v) is 14.0. The molecule has 1 saturated heterocycles. The molecule has 1 fully saturated rings. The van der Waals surface area contributed by atoms with Crippen molar-refractivity contribution < 1.29 is 18.2 Å². The van der Waals surface area contributed by atoms with Gasteiger partial charge in [0.05, 0.1) is 18.2 Å². The molecule has 2 unspecified atom stereocenters. The Hall–Kier alpha value is -0.0100. The predicted molar refractivity (Wildman–Crippen MR) is 77.7 cm³/mol. The van der Waals surface area contributed by atoms with Crippen molar-refractivity contribution >= 4 is 11.3 Å². The van der Waals surface area contributed by atoms with E-state index in [2.05, 4.69) is 0 Å². The summed E-state index contributed by atoms with van der Waals surface area (Å²) < 4.78 is 25.0. The Labute approximate surface area is 120 Å². The Morgan fingerprint density at radius 3 is 2.37 bits per heavy atom. The first-order valence-corrected chi connectivity index (χ1v) is 7.86. The molecule has 1 aliphatic heterocycles. The molecule has 1 rings (SSSR count). The van der Waals surface area contributed by atoms with Crippen molar-refractivity contribution in [3.05, 3.63) is 0 Å². The molecule has 0 aliphatic carbocycles. The fourth-order valence-electron chi connectivity index (χ4n) is 1.78. The van der Waals surface area contributed by atoms with E-state index < -0.39 is 22.6 Å². The first-order chi connectivity index (χ1) is 8.67. The maximum atomic E-state index is 12.2. The first kappa shape index (κ1) is 19.0. The van der Waals surface area contributed by atoms with Crippen LogP contribution in [0, 0.1) is 0 Å². The van der Waals surface area contributed by atoms with Crippen molar-refractivity contribution in [2.45, 2.75) is 72.3 Å². The van der Waals surface area contributed by atoms with Crippen LogP contribution in [-0.4, -0.2) is 44.2 Å². The average molecular weight is 295 g/mol. The third-order valence-corrected chi connectivity index (χ3v) is 4.14. The lowest BCUT2D eigenvalue weighted by Gasteiger charge is -2.33. The monoisotopic (exact) mass is 295 g/mol. The second kappa shape index (κ2) is 7.69. The van der Waals surface area contributed by atoms with Crippen LogP contribution in [0.4, 0.5) is 0 Å². The van der Waals surface area contributed by atoms with Gasteiger partial charge in [0.2, 0.25) is 11.3 Å². The van der Waals surface area contributed by atoms with E-state index in [0.29, 0.717) is 13.0 Å². The molecule has 0 aromatic carbocycles. The summed E-state index contributed by atoms with van der Waals surface area (Å²) in [5, 5.41) is 9.01. The van der Waals surface area contributed by atoms with E-state index in [9.17, 15) is 4.21 Å². The number of nitrogens with zero attached hydrogens (tertiary/aromatic N) is 1. The second-order valence-electron chi connectivity index (χ2n) is 5.66. The number of aliphatic hydroxyl groups excluding tert-OH is 1. The van der Waals surface area contributed by atoms with E-state index in [1.165, 1.54) is 0 Å². The summed E-state index contributed by atoms with van der Waals surface area (Å²) in [6, 6.07) is -0.0711. The average Bonchev–Trinajstić information content (AvgIpc) is 2.55. The molecule has 5 nitrogen and oxygen atoms in total. The van der Waals surface area contributed by atoms with Gasteiger partial charge in [-0.15, -0.1) is 0 Å². The summed E-state index contributed by atoms with van der Waals surface area (Å²) >= 11 is -1.57. The van der Waals surface area contributed by atoms with Crippen molar-refractivity contribution in [3.63, 3.8) is 0 Å². The topological polar surface area (TPSA) is 59.0 Å². The number of aliphatic hydroxyl groups is 1. The standard InChI is InChI=1S/C11H23NO4S.C2H6/c1-10(2,3)16-17(14)12-9(6-7-13)8-15-11(12,4)5;1-2/h9,13H,6-8H2,1-5H3;1-2H3. The van der Waals surface area contributed by atoms with Gasteiger partial charge >= 0.3 is 0 Å². The predicted octanol–water partition coefficient (Wildman–Crippen LogP) is 2.23. The Morgan fingerprint density at radius 1 is 1.42 bits per heavy atom. The maximum absolute atomic E-state index is 12.2. The summed E-state index contributed by atoms with van der Waals surface area (Å²) in [4.78, 5) is 0. The number of hydrogen-bond donors (Lipinski definition) is 1. The maximum Gasteiger partial charge on any atom is 0.240 e. The van der Waals surface area contributed by atoms with Gasteiger partial charge in [0.15, 0.2) is 0 Å². The van der Waals surface area contributed by atoms with Crippen LogP contribution >= 0.6 is 0 Å². The highest BCUT2D eigenvalue weighted by molar-refractivity contribution is 7.77. The van der Waals surface area contributed by atoms with Crippen LogP contribution in [0.2, 0.25) is 0 Å². The van der Waals surface area contributed by atoms with E-state index in [4.69, 9.17) is 14.0 Å². The zero-order chi connectivity index (χ0) is 15.3. The van der Waals surface area contributed by atoms with E-state index in [1.54, 1.807) is 4.31 Å². The number of hydrogen-bond acceptors (Lipinski definition) is 4. The summed E-state index contributed by atoms with van der Waals surface area (Å²) in [5.41, 5.74) is -1.11. The van der Waals surface area contributed by atoms with E-state index >= 15 is 0 Å². The minimum Gasteiger partial charge on any atom is -0.396 e. The van der Waals surface area contributed by atoms with Gasteiger partial charge in [-0.3, -0.25) is 4.18 Å². The van der Waals surface area contributed by atoms with Crippen molar-refractivity contribution in [2.75, 3.05) is 13.2 Å². The van der Waals surface area contributed by atoms with Crippen LogP contribution in [0.25, 0.3) is 0 Å². The van der Waals surface area contributed by atoms with Crippen LogP contribution in [0.3, 0.4) is 0 Å². The third kappa shape index (κ3) is 5.87. The van der Waals surface area contributed by atoms with Crippen molar-refractivity contribution in [1.82, 2.24) is 4.31 Å². The summed E-state index contributed by atoms with van der Waals surface area (Å²) in [6.45, 7) is 13.8. The van der Waals surface area contributed by atoms with Gasteiger partial charge in [0.1, 0.15) is 5.72 Å². The van der Waals surface area contributed by atoms with Crippen molar-refractivity contribution in [3.8, 4) is 0 Å². The summed E-state index contributed by atoms with van der Waals surface area (Å²) in [6.07, 6.45) is 0.530.